The fourth-order valence-corrected chi connectivity index (χ4v) is 4.37. The van der Waals surface area contributed by atoms with E-state index < -0.39 is 109 Å². The highest BCUT2D eigenvalue weighted by Gasteiger charge is 2.34. The first-order chi connectivity index (χ1) is 24.2. The van der Waals surface area contributed by atoms with Gasteiger partial charge < -0.3 is 70.2 Å². The molecule has 0 aromatic carbocycles. The summed E-state index contributed by atoms with van der Waals surface area (Å²) in [5, 5.41) is 42.1. The summed E-state index contributed by atoms with van der Waals surface area (Å²) in [5.41, 5.74) is 22.1. The summed E-state index contributed by atoms with van der Waals surface area (Å²) in [7, 11) is 0. The number of nitrogens with one attached hydrogen (secondary N) is 6. The summed E-state index contributed by atoms with van der Waals surface area (Å²) >= 11 is 0. The van der Waals surface area contributed by atoms with E-state index in [1.54, 1.807) is 13.8 Å². The van der Waals surface area contributed by atoms with Gasteiger partial charge in [-0.2, -0.15) is 0 Å². The van der Waals surface area contributed by atoms with Gasteiger partial charge in [0.05, 0.1) is 19.1 Å². The van der Waals surface area contributed by atoms with E-state index in [0.29, 0.717) is 25.8 Å². The van der Waals surface area contributed by atoms with Gasteiger partial charge in [0.1, 0.15) is 36.3 Å². The molecule has 0 heterocycles. The highest BCUT2D eigenvalue weighted by molar-refractivity contribution is 5.98. The van der Waals surface area contributed by atoms with Gasteiger partial charge in [0.25, 0.3) is 0 Å². The van der Waals surface area contributed by atoms with Gasteiger partial charge in [-0.05, 0) is 52.0 Å². The van der Waals surface area contributed by atoms with Gasteiger partial charge in [-0.25, -0.2) is 0 Å². The predicted molar refractivity (Wildman–Crippen MR) is 186 cm³/mol. The Morgan fingerprint density at radius 2 is 1.17 bits per heavy atom. The van der Waals surface area contributed by atoms with Crippen LogP contribution in [0, 0.1) is 5.92 Å². The molecule has 0 radical (unpaired) electrons. The Labute approximate surface area is 301 Å². The second-order valence-corrected chi connectivity index (χ2v) is 12.3. The van der Waals surface area contributed by atoms with Gasteiger partial charge in [-0.3, -0.25) is 43.3 Å². The third kappa shape index (κ3) is 18.2. The summed E-state index contributed by atoms with van der Waals surface area (Å²) in [6.45, 7) is 5.06. The monoisotopic (exact) mass is 745 g/mol. The standard InChI is InChI=1S/C30H55N11O11/c1-14(2)22(41-24(46)17(32)8-5-6-10-31)28(50)39-19(12-21(43)44)26(48)38-18(9-7-11-35-30(33)34)25(47)40-20(13-42)27(49)36-15(3)23(45)37-16(4)29(51)52/h14-20,22,42H,5-13,31-32H2,1-4H3,(H,36,49)(H,37,45)(H,38,48)(H,39,50)(H,40,47)(H,41,46)(H,43,44)(H,51,52)(H4,33,34,35)/t15-,16-,17-,18-,19-,20-,22-/m0/s1. The molecule has 52 heavy (non-hydrogen) atoms. The molecule has 296 valence electrons. The second kappa shape index (κ2) is 24.2. The lowest BCUT2D eigenvalue weighted by atomic mass is 10.0. The van der Waals surface area contributed by atoms with Crippen LogP contribution in [0.25, 0.3) is 0 Å². The Morgan fingerprint density at radius 3 is 1.69 bits per heavy atom. The van der Waals surface area contributed by atoms with Crippen LogP contribution in [-0.4, -0.2) is 131 Å². The molecule has 0 rings (SSSR count). The van der Waals surface area contributed by atoms with E-state index in [2.05, 4.69) is 36.9 Å². The number of guanidine groups is 1. The molecule has 0 aliphatic heterocycles. The van der Waals surface area contributed by atoms with Crippen LogP contribution in [0.2, 0.25) is 0 Å². The van der Waals surface area contributed by atoms with Crippen molar-refractivity contribution in [3.63, 3.8) is 0 Å². The van der Waals surface area contributed by atoms with Crippen molar-refractivity contribution >= 4 is 53.3 Å². The van der Waals surface area contributed by atoms with Crippen molar-refractivity contribution in [2.24, 2.45) is 33.8 Å². The van der Waals surface area contributed by atoms with Crippen molar-refractivity contribution in [1.29, 1.82) is 0 Å². The molecule has 0 saturated heterocycles. The molecule has 0 fully saturated rings. The van der Waals surface area contributed by atoms with Crippen molar-refractivity contribution in [1.82, 2.24) is 31.9 Å². The topological polar surface area (TPSA) is 386 Å². The highest BCUT2D eigenvalue weighted by Crippen LogP contribution is 2.08. The van der Waals surface area contributed by atoms with Crippen LogP contribution in [0.3, 0.4) is 0 Å². The molecule has 6 amide bonds. The normalized spacial score (nSPS) is 14.9. The second-order valence-electron chi connectivity index (χ2n) is 12.3. The number of amides is 6. The van der Waals surface area contributed by atoms with Gasteiger partial charge in [-0.15, -0.1) is 0 Å². The van der Waals surface area contributed by atoms with Gasteiger partial charge >= 0.3 is 11.9 Å². The van der Waals surface area contributed by atoms with Crippen molar-refractivity contribution in [2.75, 3.05) is 19.7 Å². The Kier molecular flexibility index (Phi) is 21.8. The van der Waals surface area contributed by atoms with E-state index in [1.165, 1.54) is 13.8 Å². The van der Waals surface area contributed by atoms with Crippen LogP contribution in [-0.2, 0) is 38.4 Å². The zero-order chi connectivity index (χ0) is 40.1. The number of carboxylic acid groups (broad SMARTS) is 2. The minimum atomic E-state index is -1.75. The molecule has 0 spiro atoms. The smallest absolute Gasteiger partial charge is 0.325 e. The lowest BCUT2D eigenvalue weighted by Crippen LogP contribution is -2.60. The van der Waals surface area contributed by atoms with Crippen LogP contribution in [0.1, 0.15) is 66.2 Å². The van der Waals surface area contributed by atoms with Gasteiger partial charge in [0.2, 0.25) is 35.4 Å². The molecule has 22 nitrogen and oxygen atoms in total. The maximum Gasteiger partial charge on any atom is 0.325 e. The highest BCUT2D eigenvalue weighted by atomic mass is 16.4. The van der Waals surface area contributed by atoms with Gasteiger partial charge in [0, 0.05) is 6.54 Å². The number of nitrogens with two attached hydrogens (primary N) is 4. The van der Waals surface area contributed by atoms with Crippen LogP contribution < -0.4 is 54.8 Å². The van der Waals surface area contributed by atoms with Crippen molar-refractivity contribution < 1.29 is 53.7 Å². The Bertz CT molecular complexity index is 1280. The number of hydrogen-bond acceptors (Lipinski definition) is 12. The third-order valence-electron chi connectivity index (χ3n) is 7.44. The number of aliphatic hydroxyl groups is 1. The lowest BCUT2D eigenvalue weighted by Gasteiger charge is -2.27. The number of carbonyl (C=O) groups is 8. The largest absolute Gasteiger partial charge is 0.481 e. The molecule has 0 aliphatic rings. The SMILES string of the molecule is CC(C)[C@H](NC(=O)[C@@H](N)CCCCN)C(=O)N[C@@H](CC(=O)O)C(=O)N[C@@H](CCCN=C(N)N)C(=O)N[C@@H](CO)C(=O)N[C@@H](C)C(=O)N[C@@H](C)C(=O)O. The Morgan fingerprint density at radius 1 is 0.635 bits per heavy atom. The maximum atomic E-state index is 13.4. The molecule has 0 unspecified atom stereocenters. The third-order valence-corrected chi connectivity index (χ3v) is 7.44. The van der Waals surface area contributed by atoms with Crippen LogP contribution in [0.15, 0.2) is 4.99 Å². The van der Waals surface area contributed by atoms with E-state index in [-0.39, 0.29) is 25.3 Å². The summed E-state index contributed by atoms with van der Waals surface area (Å²) in [5.74, 6) is -9.20. The minimum absolute atomic E-state index is 0.00724. The Balaban J connectivity index is 6.02. The van der Waals surface area contributed by atoms with Crippen LogP contribution >= 0.6 is 0 Å². The number of nitrogens with zero attached hydrogens (tertiary/aromatic N) is 1. The maximum absolute atomic E-state index is 13.4. The quantitative estimate of drug-likeness (QED) is 0.0236. The molecule has 0 saturated carbocycles. The summed E-state index contributed by atoms with van der Waals surface area (Å²) in [6.07, 6.45) is 0.467. The number of aliphatic hydroxyl groups excluding tert-OH is 1. The Hall–Kier alpha value is -5.09. The van der Waals surface area contributed by atoms with Crippen molar-refractivity contribution in [3.8, 4) is 0 Å². The lowest BCUT2D eigenvalue weighted by molar-refractivity contribution is -0.142. The van der Waals surface area contributed by atoms with E-state index in [0.717, 1.165) is 0 Å². The molecule has 0 aromatic heterocycles. The summed E-state index contributed by atoms with van der Waals surface area (Å²) in [4.78, 5) is 104. The first kappa shape index (κ1) is 46.9. The zero-order valence-corrected chi connectivity index (χ0v) is 29.8. The van der Waals surface area contributed by atoms with E-state index in [1.807, 2.05) is 0 Å². The number of carbonyl (C=O) groups excluding carboxylic acids is 6. The first-order valence-electron chi connectivity index (χ1n) is 16.6. The molecule has 0 bridgehead atoms. The van der Waals surface area contributed by atoms with Crippen LogP contribution in [0.4, 0.5) is 0 Å². The average Bonchev–Trinajstić information content (AvgIpc) is 3.05. The number of unbranched alkanes of at least 4 members (excludes halogenated alkanes) is 1. The minimum Gasteiger partial charge on any atom is -0.481 e. The van der Waals surface area contributed by atoms with E-state index in [9.17, 15) is 48.6 Å². The number of rotatable bonds is 25. The first-order valence-corrected chi connectivity index (χ1v) is 16.6. The van der Waals surface area contributed by atoms with Crippen molar-refractivity contribution in [2.45, 2.75) is 109 Å². The molecular formula is C30H55N11O11. The predicted octanol–water partition coefficient (Wildman–Crippen LogP) is -5.35. The van der Waals surface area contributed by atoms with E-state index in [4.69, 9.17) is 28.0 Å². The molecule has 7 atom stereocenters. The molecule has 0 aromatic rings. The average molecular weight is 746 g/mol. The molecule has 17 N–H and O–H groups in total. The summed E-state index contributed by atoms with van der Waals surface area (Å²) < 4.78 is 0. The van der Waals surface area contributed by atoms with Gasteiger partial charge in [0.15, 0.2) is 5.96 Å². The van der Waals surface area contributed by atoms with E-state index >= 15 is 0 Å². The fraction of sp³-hybridized carbons (Fsp3) is 0.700. The zero-order valence-electron chi connectivity index (χ0n) is 29.8. The van der Waals surface area contributed by atoms with Crippen LogP contribution in [0.5, 0.6) is 0 Å². The summed E-state index contributed by atoms with van der Waals surface area (Å²) in [6, 6.07) is -9.66. The molecular weight excluding hydrogens is 690 g/mol. The number of hydrogen-bond donors (Lipinski definition) is 13. The fourth-order valence-electron chi connectivity index (χ4n) is 4.37. The number of carboxylic acids is 2. The molecule has 0 aliphatic carbocycles. The van der Waals surface area contributed by atoms with Crippen molar-refractivity contribution in [3.05, 3.63) is 0 Å². The number of aliphatic carboxylic acids is 2. The molecule has 22 heteroatoms. The van der Waals surface area contributed by atoms with Gasteiger partial charge in [-0.1, -0.05) is 20.3 Å². The number of aliphatic imine (C=N–C) groups is 1.